The molecule has 1 aliphatic carbocycles. The van der Waals surface area contributed by atoms with E-state index in [2.05, 4.69) is 4.90 Å². The van der Waals surface area contributed by atoms with E-state index < -0.39 is 5.97 Å². The lowest BCUT2D eigenvalue weighted by atomic mass is 10.2. The third-order valence-electron chi connectivity index (χ3n) is 3.32. The minimum Gasteiger partial charge on any atom is -0.478 e. The molecule has 0 aromatic carbocycles. The summed E-state index contributed by atoms with van der Waals surface area (Å²) >= 11 is 0. The second-order valence-electron chi connectivity index (χ2n) is 4.42. The van der Waals surface area contributed by atoms with Crippen LogP contribution in [-0.4, -0.2) is 29.1 Å². The Hall–Kier alpha value is -1.29. The molecular weight excluding hydrogens is 206 g/mol. The minimum absolute atomic E-state index is 0.282. The van der Waals surface area contributed by atoms with Gasteiger partial charge >= 0.3 is 5.97 Å². The summed E-state index contributed by atoms with van der Waals surface area (Å²) in [5, 5.41) is 8.95. The first-order valence-electron chi connectivity index (χ1n) is 5.68. The van der Waals surface area contributed by atoms with Crippen LogP contribution < -0.4 is 0 Å². The van der Waals surface area contributed by atoms with Crippen LogP contribution >= 0.6 is 0 Å². The van der Waals surface area contributed by atoms with E-state index in [-0.39, 0.29) is 5.56 Å². The lowest BCUT2D eigenvalue weighted by molar-refractivity contribution is 0.0692. The molecule has 0 aliphatic heterocycles. The van der Waals surface area contributed by atoms with Crippen LogP contribution in [0.3, 0.4) is 0 Å². The van der Waals surface area contributed by atoms with Crippen molar-refractivity contribution in [1.29, 1.82) is 0 Å². The molecule has 0 spiro atoms. The molecule has 88 valence electrons. The topological polar surface area (TPSA) is 53.7 Å². The molecule has 4 nitrogen and oxygen atoms in total. The van der Waals surface area contributed by atoms with Crippen molar-refractivity contribution in [3.63, 3.8) is 0 Å². The Bertz CT molecular complexity index is 366. The molecule has 4 heteroatoms. The van der Waals surface area contributed by atoms with Crippen molar-refractivity contribution in [2.24, 2.45) is 0 Å². The van der Waals surface area contributed by atoms with Gasteiger partial charge in [-0.15, -0.1) is 0 Å². The number of carboxylic acids is 1. The Kier molecular flexibility index (Phi) is 3.29. The van der Waals surface area contributed by atoms with Gasteiger partial charge in [-0.2, -0.15) is 0 Å². The monoisotopic (exact) mass is 223 g/mol. The van der Waals surface area contributed by atoms with Crippen LogP contribution in [0.15, 0.2) is 16.7 Å². The summed E-state index contributed by atoms with van der Waals surface area (Å²) in [6, 6.07) is 2.09. The van der Waals surface area contributed by atoms with Gasteiger partial charge in [0.1, 0.15) is 11.3 Å². The fourth-order valence-electron chi connectivity index (χ4n) is 2.35. The predicted octanol–water partition coefficient (Wildman–Crippen LogP) is 2.35. The van der Waals surface area contributed by atoms with E-state index in [1.807, 2.05) is 7.05 Å². The number of carboxylic acid groups (broad SMARTS) is 1. The normalized spacial score (nSPS) is 17.1. The molecule has 0 atom stereocenters. The molecule has 1 heterocycles. The standard InChI is InChI=1S/C12H17NO3/c1-13(9-4-2-3-5-9)8-11-10(12(14)15)6-7-16-11/h6-7,9H,2-5,8H2,1H3,(H,14,15). The molecule has 0 saturated heterocycles. The zero-order valence-electron chi connectivity index (χ0n) is 9.48. The minimum atomic E-state index is -0.913. The van der Waals surface area contributed by atoms with Crippen molar-refractivity contribution in [2.75, 3.05) is 7.05 Å². The maximum Gasteiger partial charge on any atom is 0.339 e. The Labute approximate surface area is 94.9 Å². The molecule has 1 aliphatic rings. The smallest absolute Gasteiger partial charge is 0.339 e. The van der Waals surface area contributed by atoms with Crippen molar-refractivity contribution in [3.8, 4) is 0 Å². The van der Waals surface area contributed by atoms with Gasteiger partial charge in [0, 0.05) is 6.04 Å². The fraction of sp³-hybridized carbons (Fsp3) is 0.583. The molecule has 1 aromatic heterocycles. The summed E-state index contributed by atoms with van der Waals surface area (Å²) in [6.45, 7) is 0.583. The van der Waals surface area contributed by atoms with Crippen LogP contribution in [0.2, 0.25) is 0 Å². The van der Waals surface area contributed by atoms with Crippen molar-refractivity contribution in [1.82, 2.24) is 4.90 Å². The van der Waals surface area contributed by atoms with Gasteiger partial charge in [-0.05, 0) is 26.0 Å². The maximum atomic E-state index is 10.9. The van der Waals surface area contributed by atoms with Gasteiger partial charge in [-0.25, -0.2) is 4.79 Å². The summed E-state index contributed by atoms with van der Waals surface area (Å²) in [7, 11) is 2.03. The number of hydrogen-bond donors (Lipinski definition) is 1. The van der Waals surface area contributed by atoms with Crippen molar-refractivity contribution < 1.29 is 14.3 Å². The van der Waals surface area contributed by atoms with Crippen molar-refractivity contribution in [2.45, 2.75) is 38.3 Å². The Morgan fingerprint density at radius 3 is 2.88 bits per heavy atom. The van der Waals surface area contributed by atoms with Crippen LogP contribution in [0.4, 0.5) is 0 Å². The molecule has 16 heavy (non-hydrogen) atoms. The first-order chi connectivity index (χ1) is 7.68. The van der Waals surface area contributed by atoms with Gasteiger partial charge in [-0.1, -0.05) is 12.8 Å². The van der Waals surface area contributed by atoms with Crippen molar-refractivity contribution in [3.05, 3.63) is 23.7 Å². The first-order valence-corrected chi connectivity index (χ1v) is 5.68. The van der Waals surface area contributed by atoms with Crippen LogP contribution in [0.1, 0.15) is 41.8 Å². The molecule has 1 N–H and O–H groups in total. The number of aromatic carboxylic acids is 1. The van der Waals surface area contributed by atoms with E-state index in [0.717, 1.165) is 0 Å². The molecule has 1 aromatic rings. The highest BCUT2D eigenvalue weighted by Gasteiger charge is 2.22. The molecule has 0 radical (unpaired) electrons. The molecular formula is C12H17NO3. The van der Waals surface area contributed by atoms with Crippen molar-refractivity contribution >= 4 is 5.97 Å². The van der Waals surface area contributed by atoms with E-state index in [1.54, 1.807) is 0 Å². The summed E-state index contributed by atoms with van der Waals surface area (Å²) in [5.41, 5.74) is 0.282. The number of nitrogens with zero attached hydrogens (tertiary/aromatic N) is 1. The summed E-state index contributed by atoms with van der Waals surface area (Å²) < 4.78 is 5.23. The number of carbonyl (C=O) groups is 1. The third-order valence-corrected chi connectivity index (χ3v) is 3.32. The highest BCUT2D eigenvalue weighted by atomic mass is 16.4. The van der Waals surface area contributed by atoms with Gasteiger partial charge in [0.15, 0.2) is 0 Å². The predicted molar refractivity (Wildman–Crippen MR) is 59.4 cm³/mol. The summed E-state index contributed by atoms with van der Waals surface area (Å²) in [4.78, 5) is 13.1. The second-order valence-corrected chi connectivity index (χ2v) is 4.42. The quantitative estimate of drug-likeness (QED) is 0.851. The van der Waals surface area contributed by atoms with Crippen LogP contribution in [-0.2, 0) is 6.54 Å². The van der Waals surface area contributed by atoms with Crippen LogP contribution in [0.25, 0.3) is 0 Å². The maximum absolute atomic E-state index is 10.9. The lowest BCUT2D eigenvalue weighted by Crippen LogP contribution is -2.28. The number of furan rings is 1. The zero-order chi connectivity index (χ0) is 11.5. The Balaban J connectivity index is 2.02. The van der Waals surface area contributed by atoms with Gasteiger partial charge in [0.2, 0.25) is 0 Å². The van der Waals surface area contributed by atoms with Gasteiger partial charge < -0.3 is 9.52 Å². The third kappa shape index (κ3) is 2.27. The summed E-state index contributed by atoms with van der Waals surface area (Å²) in [5.74, 6) is -0.356. The Morgan fingerprint density at radius 2 is 2.25 bits per heavy atom. The average Bonchev–Trinajstić information content (AvgIpc) is 2.86. The van der Waals surface area contributed by atoms with E-state index in [4.69, 9.17) is 9.52 Å². The highest BCUT2D eigenvalue weighted by molar-refractivity contribution is 5.88. The van der Waals surface area contributed by atoms with E-state index in [1.165, 1.54) is 38.0 Å². The first kappa shape index (κ1) is 11.2. The van der Waals surface area contributed by atoms with Gasteiger partial charge in [0.05, 0.1) is 12.8 Å². The molecule has 0 amide bonds. The van der Waals surface area contributed by atoms with E-state index in [0.29, 0.717) is 18.3 Å². The largest absolute Gasteiger partial charge is 0.478 e. The van der Waals surface area contributed by atoms with Gasteiger partial charge in [-0.3, -0.25) is 4.90 Å². The number of hydrogen-bond acceptors (Lipinski definition) is 3. The molecule has 0 unspecified atom stereocenters. The number of rotatable bonds is 4. The van der Waals surface area contributed by atoms with Crippen LogP contribution in [0, 0.1) is 0 Å². The second kappa shape index (κ2) is 4.70. The molecule has 1 saturated carbocycles. The van der Waals surface area contributed by atoms with Gasteiger partial charge in [0.25, 0.3) is 0 Å². The molecule has 1 fully saturated rings. The Morgan fingerprint density at radius 1 is 1.56 bits per heavy atom. The van der Waals surface area contributed by atoms with Crippen LogP contribution in [0.5, 0.6) is 0 Å². The zero-order valence-corrected chi connectivity index (χ0v) is 9.48. The highest BCUT2D eigenvalue weighted by Crippen LogP contribution is 2.24. The SMILES string of the molecule is CN(Cc1occc1C(=O)O)C1CCCC1. The average molecular weight is 223 g/mol. The fourth-order valence-corrected chi connectivity index (χ4v) is 2.35. The van der Waals surface area contributed by atoms with E-state index in [9.17, 15) is 4.79 Å². The molecule has 0 bridgehead atoms. The summed E-state index contributed by atoms with van der Waals surface area (Å²) in [6.07, 6.45) is 6.42. The lowest BCUT2D eigenvalue weighted by Gasteiger charge is -2.22. The van der Waals surface area contributed by atoms with E-state index >= 15 is 0 Å². The molecule has 2 rings (SSSR count).